The fourth-order valence-corrected chi connectivity index (χ4v) is 3.74. The minimum Gasteiger partial charge on any atom is -0.483 e. The minimum absolute atomic E-state index is 0.0799. The smallest absolute Gasteiger partial charge is 0.326 e. The first-order valence-electron chi connectivity index (χ1n) is 9.61. The van der Waals surface area contributed by atoms with Gasteiger partial charge >= 0.3 is 5.97 Å². The van der Waals surface area contributed by atoms with E-state index < -0.39 is 12.0 Å². The summed E-state index contributed by atoms with van der Waals surface area (Å²) in [4.78, 5) is 39.9. The number of carboxylic acids is 1. The van der Waals surface area contributed by atoms with Crippen molar-refractivity contribution in [3.63, 3.8) is 0 Å². The Bertz CT molecular complexity index is 697. The van der Waals surface area contributed by atoms with Gasteiger partial charge in [0.25, 0.3) is 11.8 Å². The van der Waals surface area contributed by atoms with Gasteiger partial charge in [-0.25, -0.2) is 4.79 Å². The van der Waals surface area contributed by atoms with Crippen LogP contribution in [0.25, 0.3) is 0 Å². The second-order valence-corrected chi connectivity index (χ2v) is 7.07. The standard InChI is InChI=1S/C20H26N2O5/c23-18(21-11-5-1-2-6-12-21)14-27-17-10-4-3-8-15(17)19(24)22-13-7-9-16(22)20(25)26/h3-4,8,10,16H,1-2,5-7,9,11-14H2,(H,25,26). The summed E-state index contributed by atoms with van der Waals surface area (Å²) >= 11 is 0. The highest BCUT2D eigenvalue weighted by molar-refractivity contribution is 5.99. The summed E-state index contributed by atoms with van der Waals surface area (Å²) in [6.45, 7) is 1.79. The van der Waals surface area contributed by atoms with Crippen molar-refractivity contribution in [2.75, 3.05) is 26.2 Å². The molecule has 3 rings (SSSR count). The van der Waals surface area contributed by atoms with Crippen molar-refractivity contribution >= 4 is 17.8 Å². The molecule has 0 aliphatic carbocycles. The van der Waals surface area contributed by atoms with Crippen molar-refractivity contribution in [3.8, 4) is 5.75 Å². The quantitative estimate of drug-likeness (QED) is 0.853. The maximum Gasteiger partial charge on any atom is 0.326 e. The molecule has 2 heterocycles. The predicted octanol–water partition coefficient (Wildman–Crippen LogP) is 2.16. The van der Waals surface area contributed by atoms with Gasteiger partial charge in [0.2, 0.25) is 0 Å². The van der Waals surface area contributed by atoms with Gasteiger partial charge in [-0.05, 0) is 37.8 Å². The molecule has 2 saturated heterocycles. The van der Waals surface area contributed by atoms with Gasteiger partial charge in [0.1, 0.15) is 11.8 Å². The number of hydrogen-bond donors (Lipinski definition) is 1. The van der Waals surface area contributed by atoms with Gasteiger partial charge < -0.3 is 19.6 Å². The Kier molecular flexibility index (Phi) is 6.32. The molecular weight excluding hydrogens is 348 g/mol. The number of rotatable bonds is 5. The molecule has 27 heavy (non-hydrogen) atoms. The zero-order chi connectivity index (χ0) is 19.2. The number of amides is 2. The Morgan fingerprint density at radius 2 is 1.70 bits per heavy atom. The third kappa shape index (κ3) is 4.59. The number of carbonyl (C=O) groups excluding carboxylic acids is 2. The summed E-state index contributed by atoms with van der Waals surface area (Å²) in [5.74, 6) is -1.11. The number of nitrogens with zero attached hydrogens (tertiary/aromatic N) is 2. The van der Waals surface area contributed by atoms with Crippen LogP contribution in [-0.2, 0) is 9.59 Å². The van der Waals surface area contributed by atoms with E-state index in [1.165, 1.54) is 4.90 Å². The molecule has 146 valence electrons. The van der Waals surface area contributed by atoms with Crippen LogP contribution in [0.3, 0.4) is 0 Å². The highest BCUT2D eigenvalue weighted by Crippen LogP contribution is 2.25. The number of para-hydroxylation sites is 1. The molecule has 0 saturated carbocycles. The van der Waals surface area contributed by atoms with Crippen LogP contribution in [0.5, 0.6) is 5.75 Å². The molecule has 1 unspecified atom stereocenters. The second kappa shape index (κ2) is 8.88. The molecular formula is C20H26N2O5. The lowest BCUT2D eigenvalue weighted by atomic mass is 10.1. The summed E-state index contributed by atoms with van der Waals surface area (Å²) in [6.07, 6.45) is 5.42. The Balaban J connectivity index is 1.67. The van der Waals surface area contributed by atoms with E-state index in [1.807, 2.05) is 4.90 Å². The SMILES string of the molecule is O=C(O)C1CCCN1C(=O)c1ccccc1OCC(=O)N1CCCCCC1. The maximum absolute atomic E-state index is 12.9. The molecule has 1 aromatic carbocycles. The summed E-state index contributed by atoms with van der Waals surface area (Å²) in [6, 6.07) is 5.91. The number of carboxylic acid groups (broad SMARTS) is 1. The molecule has 0 aromatic heterocycles. The molecule has 1 N–H and O–H groups in total. The van der Waals surface area contributed by atoms with Crippen molar-refractivity contribution in [2.45, 2.75) is 44.6 Å². The Hall–Kier alpha value is -2.57. The Morgan fingerprint density at radius 1 is 1.00 bits per heavy atom. The molecule has 0 bridgehead atoms. The molecule has 0 spiro atoms. The van der Waals surface area contributed by atoms with E-state index in [-0.39, 0.29) is 18.4 Å². The fourth-order valence-electron chi connectivity index (χ4n) is 3.74. The van der Waals surface area contributed by atoms with Crippen molar-refractivity contribution in [1.82, 2.24) is 9.80 Å². The molecule has 1 atom stereocenters. The first-order valence-corrected chi connectivity index (χ1v) is 9.61. The Labute approximate surface area is 158 Å². The van der Waals surface area contributed by atoms with Gasteiger partial charge in [-0.2, -0.15) is 0 Å². The van der Waals surface area contributed by atoms with E-state index in [4.69, 9.17) is 4.74 Å². The molecule has 2 fully saturated rings. The lowest BCUT2D eigenvalue weighted by molar-refractivity contribution is -0.141. The lowest BCUT2D eigenvalue weighted by Crippen LogP contribution is -2.40. The van der Waals surface area contributed by atoms with Crippen molar-refractivity contribution in [1.29, 1.82) is 0 Å². The van der Waals surface area contributed by atoms with Gasteiger partial charge in [-0.1, -0.05) is 25.0 Å². The summed E-state index contributed by atoms with van der Waals surface area (Å²) in [5, 5.41) is 9.32. The van der Waals surface area contributed by atoms with E-state index in [0.717, 1.165) is 38.8 Å². The predicted molar refractivity (Wildman–Crippen MR) is 98.7 cm³/mol. The summed E-state index contributed by atoms with van der Waals surface area (Å²) in [5.41, 5.74) is 0.300. The van der Waals surface area contributed by atoms with Gasteiger partial charge in [0.05, 0.1) is 5.56 Å². The zero-order valence-electron chi connectivity index (χ0n) is 15.4. The third-order valence-electron chi connectivity index (χ3n) is 5.23. The maximum atomic E-state index is 12.9. The molecule has 1 aromatic rings. The fraction of sp³-hybridized carbons (Fsp3) is 0.550. The highest BCUT2D eigenvalue weighted by atomic mass is 16.5. The molecule has 7 heteroatoms. The number of likely N-dealkylation sites (tertiary alicyclic amines) is 2. The van der Waals surface area contributed by atoms with Crippen LogP contribution in [0.15, 0.2) is 24.3 Å². The molecule has 2 amide bonds. The molecule has 0 radical (unpaired) electrons. The molecule has 7 nitrogen and oxygen atoms in total. The van der Waals surface area contributed by atoms with Crippen molar-refractivity contribution in [2.24, 2.45) is 0 Å². The molecule has 2 aliphatic rings. The van der Waals surface area contributed by atoms with Gasteiger partial charge in [0.15, 0.2) is 6.61 Å². The van der Waals surface area contributed by atoms with Crippen molar-refractivity contribution in [3.05, 3.63) is 29.8 Å². The second-order valence-electron chi connectivity index (χ2n) is 7.07. The van der Waals surface area contributed by atoms with Gasteiger partial charge in [-0.15, -0.1) is 0 Å². The number of carbonyl (C=O) groups is 3. The average molecular weight is 374 g/mol. The average Bonchev–Trinajstić information content (AvgIpc) is 3.01. The summed E-state index contributed by atoms with van der Waals surface area (Å²) < 4.78 is 5.68. The number of hydrogen-bond acceptors (Lipinski definition) is 4. The number of ether oxygens (including phenoxy) is 1. The topological polar surface area (TPSA) is 87.1 Å². The molecule has 2 aliphatic heterocycles. The van der Waals surface area contributed by atoms with E-state index in [2.05, 4.69) is 0 Å². The summed E-state index contributed by atoms with van der Waals surface area (Å²) in [7, 11) is 0. The van der Waals surface area contributed by atoms with E-state index in [9.17, 15) is 19.5 Å². The first-order chi connectivity index (χ1) is 13.1. The largest absolute Gasteiger partial charge is 0.483 e. The van der Waals surface area contributed by atoms with Crippen molar-refractivity contribution < 1.29 is 24.2 Å². The highest BCUT2D eigenvalue weighted by Gasteiger charge is 2.35. The van der Waals surface area contributed by atoms with E-state index in [1.54, 1.807) is 24.3 Å². The number of aliphatic carboxylic acids is 1. The van der Waals surface area contributed by atoms with Gasteiger partial charge in [-0.3, -0.25) is 9.59 Å². The van der Waals surface area contributed by atoms with Crippen LogP contribution in [-0.4, -0.2) is 65.0 Å². The monoisotopic (exact) mass is 374 g/mol. The zero-order valence-corrected chi connectivity index (χ0v) is 15.4. The first kappa shape index (κ1) is 19.2. The van der Waals surface area contributed by atoms with Crippen LogP contribution in [0.4, 0.5) is 0 Å². The van der Waals surface area contributed by atoms with E-state index in [0.29, 0.717) is 30.7 Å². The minimum atomic E-state index is -0.990. The lowest BCUT2D eigenvalue weighted by Gasteiger charge is -2.23. The van der Waals surface area contributed by atoms with Gasteiger partial charge in [0, 0.05) is 19.6 Å². The number of benzene rings is 1. The van der Waals surface area contributed by atoms with Crippen LogP contribution >= 0.6 is 0 Å². The van der Waals surface area contributed by atoms with Crippen LogP contribution in [0.1, 0.15) is 48.9 Å². The van der Waals surface area contributed by atoms with E-state index >= 15 is 0 Å². The third-order valence-corrected chi connectivity index (χ3v) is 5.23. The van der Waals surface area contributed by atoms with Crippen LogP contribution in [0.2, 0.25) is 0 Å². The van der Waals surface area contributed by atoms with Crippen LogP contribution < -0.4 is 4.74 Å². The Morgan fingerprint density at radius 3 is 2.41 bits per heavy atom. The normalized spacial score (nSPS) is 20.2. The van der Waals surface area contributed by atoms with Crippen LogP contribution in [0, 0.1) is 0 Å².